The third kappa shape index (κ3) is 3.97. The fourth-order valence-electron chi connectivity index (χ4n) is 3.08. The predicted octanol–water partition coefficient (Wildman–Crippen LogP) is 5.09. The van der Waals surface area contributed by atoms with Crippen LogP contribution in [-0.4, -0.2) is 13.1 Å². The van der Waals surface area contributed by atoms with Crippen molar-refractivity contribution in [2.75, 3.05) is 7.11 Å². The molecule has 0 bridgehead atoms. The predicted molar refractivity (Wildman–Crippen MR) is 89.2 cm³/mol. The monoisotopic (exact) mass is 350 g/mol. The molecule has 1 aromatic carbocycles. The van der Waals surface area contributed by atoms with E-state index in [2.05, 4.69) is 35.9 Å². The Kier molecular flexibility index (Phi) is 5.63. The number of hydrogen-bond acceptors (Lipinski definition) is 2. The minimum absolute atomic E-state index is 0.136. The number of esters is 1. The molecule has 0 fully saturated rings. The molecule has 3 heteroatoms. The van der Waals surface area contributed by atoms with E-state index >= 15 is 0 Å². The van der Waals surface area contributed by atoms with Crippen LogP contribution in [0, 0.1) is 11.8 Å². The second-order valence-electron chi connectivity index (χ2n) is 6.00. The van der Waals surface area contributed by atoms with Crippen molar-refractivity contribution >= 4 is 21.9 Å². The summed E-state index contributed by atoms with van der Waals surface area (Å²) >= 11 is 3.45. The van der Waals surface area contributed by atoms with Crippen LogP contribution in [0.3, 0.4) is 0 Å². The van der Waals surface area contributed by atoms with Crippen LogP contribution in [0.15, 0.2) is 40.4 Å². The van der Waals surface area contributed by atoms with Gasteiger partial charge in [0.15, 0.2) is 0 Å². The molecule has 0 unspecified atom stereocenters. The Hall–Kier alpha value is -1.09. The molecule has 21 heavy (non-hydrogen) atoms. The summed E-state index contributed by atoms with van der Waals surface area (Å²) in [5, 5.41) is 0. The molecule has 114 valence electrons. The number of halogens is 1. The van der Waals surface area contributed by atoms with E-state index in [1.807, 2.05) is 24.3 Å². The lowest BCUT2D eigenvalue weighted by Crippen LogP contribution is -2.24. The highest BCUT2D eigenvalue weighted by molar-refractivity contribution is 9.10. The quantitative estimate of drug-likeness (QED) is 0.558. The zero-order valence-corrected chi connectivity index (χ0v) is 14.5. The molecular weight excluding hydrogens is 328 g/mol. The van der Waals surface area contributed by atoms with E-state index in [0.29, 0.717) is 5.92 Å². The molecule has 1 aliphatic carbocycles. The summed E-state index contributed by atoms with van der Waals surface area (Å²) in [6, 6.07) is 8.01. The highest BCUT2D eigenvalue weighted by Crippen LogP contribution is 2.37. The van der Waals surface area contributed by atoms with E-state index in [0.717, 1.165) is 29.3 Å². The van der Waals surface area contributed by atoms with Crippen molar-refractivity contribution in [1.82, 2.24) is 0 Å². The molecule has 0 aliphatic heterocycles. The Morgan fingerprint density at radius 3 is 2.52 bits per heavy atom. The van der Waals surface area contributed by atoms with E-state index < -0.39 is 0 Å². The molecule has 0 amide bonds. The Morgan fingerprint density at radius 1 is 1.29 bits per heavy atom. The second kappa shape index (κ2) is 7.26. The third-order valence-electron chi connectivity index (χ3n) is 4.29. The van der Waals surface area contributed by atoms with Crippen LogP contribution in [0.25, 0.3) is 0 Å². The van der Waals surface area contributed by atoms with Gasteiger partial charge in [0, 0.05) is 4.47 Å². The lowest BCUT2D eigenvalue weighted by atomic mass is 9.76. The van der Waals surface area contributed by atoms with Gasteiger partial charge in [0.25, 0.3) is 0 Å². The van der Waals surface area contributed by atoms with E-state index in [4.69, 9.17) is 4.74 Å². The van der Waals surface area contributed by atoms with Crippen molar-refractivity contribution in [2.45, 2.75) is 39.0 Å². The number of hydrogen-bond donors (Lipinski definition) is 0. The number of methoxy groups -OCH3 is 1. The van der Waals surface area contributed by atoms with Gasteiger partial charge < -0.3 is 4.74 Å². The molecule has 0 radical (unpaired) electrons. The Labute approximate surface area is 135 Å². The van der Waals surface area contributed by atoms with Crippen LogP contribution >= 0.6 is 15.9 Å². The van der Waals surface area contributed by atoms with Crippen LogP contribution in [0.1, 0.15) is 44.6 Å². The van der Waals surface area contributed by atoms with Crippen molar-refractivity contribution < 1.29 is 9.53 Å². The van der Waals surface area contributed by atoms with Gasteiger partial charge in [-0.15, -0.1) is 0 Å². The number of benzene rings is 1. The van der Waals surface area contributed by atoms with Crippen molar-refractivity contribution in [3.63, 3.8) is 0 Å². The lowest BCUT2D eigenvalue weighted by molar-refractivity contribution is -0.143. The molecule has 1 aliphatic rings. The first-order valence-corrected chi connectivity index (χ1v) is 8.36. The molecule has 1 aromatic rings. The number of ether oxygens (including phenoxy) is 1. The van der Waals surface area contributed by atoms with Gasteiger partial charge in [-0.3, -0.25) is 4.79 Å². The van der Waals surface area contributed by atoms with Crippen LogP contribution in [0.2, 0.25) is 0 Å². The van der Waals surface area contributed by atoms with Gasteiger partial charge in [0.2, 0.25) is 0 Å². The first-order chi connectivity index (χ1) is 10.0. The summed E-state index contributed by atoms with van der Waals surface area (Å²) in [5.74, 6) is 0.460. The van der Waals surface area contributed by atoms with E-state index in [-0.39, 0.29) is 17.8 Å². The molecular formula is C18H23BrO2. The van der Waals surface area contributed by atoms with Crippen molar-refractivity contribution in [3.05, 3.63) is 46.0 Å². The first-order valence-electron chi connectivity index (χ1n) is 7.56. The normalized spacial score (nSPS) is 20.0. The van der Waals surface area contributed by atoms with Gasteiger partial charge in [0.05, 0.1) is 13.0 Å². The maximum absolute atomic E-state index is 12.3. The molecule has 0 saturated carbocycles. The van der Waals surface area contributed by atoms with E-state index in [1.54, 1.807) is 0 Å². The average Bonchev–Trinajstić information content (AvgIpc) is 2.49. The molecule has 0 saturated heterocycles. The minimum Gasteiger partial charge on any atom is -0.469 e. The molecule has 2 rings (SSSR count). The smallest absolute Gasteiger partial charge is 0.313 e. The Morgan fingerprint density at radius 2 is 1.95 bits per heavy atom. The SMILES string of the molecule is COC(=O)[C@@H](c1ccc(Br)cc1)[C@H]1C=C(C(C)C)CCC1. The fraction of sp³-hybridized carbons (Fsp3) is 0.500. The lowest BCUT2D eigenvalue weighted by Gasteiger charge is -2.29. The topological polar surface area (TPSA) is 26.3 Å². The Bertz CT molecular complexity index is 517. The zero-order valence-electron chi connectivity index (χ0n) is 12.9. The summed E-state index contributed by atoms with van der Waals surface area (Å²) in [6.07, 6.45) is 5.67. The highest BCUT2D eigenvalue weighted by Gasteiger charge is 2.31. The Balaban J connectivity index is 2.34. The van der Waals surface area contributed by atoms with Crippen LogP contribution in [0.5, 0.6) is 0 Å². The molecule has 0 heterocycles. The van der Waals surface area contributed by atoms with Gasteiger partial charge in [-0.05, 0) is 48.8 Å². The fourth-order valence-corrected chi connectivity index (χ4v) is 3.35. The highest BCUT2D eigenvalue weighted by atomic mass is 79.9. The van der Waals surface area contributed by atoms with Crippen molar-refractivity contribution in [1.29, 1.82) is 0 Å². The van der Waals surface area contributed by atoms with Crippen LogP contribution in [-0.2, 0) is 9.53 Å². The van der Waals surface area contributed by atoms with Gasteiger partial charge in [-0.1, -0.05) is 53.6 Å². The van der Waals surface area contributed by atoms with E-state index in [1.165, 1.54) is 12.7 Å². The largest absolute Gasteiger partial charge is 0.469 e. The van der Waals surface area contributed by atoms with Crippen LogP contribution < -0.4 is 0 Å². The minimum atomic E-state index is -0.197. The molecule has 2 atom stereocenters. The maximum atomic E-state index is 12.3. The molecule has 2 nitrogen and oxygen atoms in total. The number of allylic oxidation sites excluding steroid dienone is 2. The molecule has 0 spiro atoms. The number of rotatable bonds is 4. The van der Waals surface area contributed by atoms with Crippen LogP contribution in [0.4, 0.5) is 0 Å². The summed E-state index contributed by atoms with van der Waals surface area (Å²) in [6.45, 7) is 4.45. The van der Waals surface area contributed by atoms with Gasteiger partial charge >= 0.3 is 5.97 Å². The van der Waals surface area contributed by atoms with Gasteiger partial charge in [-0.2, -0.15) is 0 Å². The number of carbonyl (C=O) groups is 1. The molecule has 0 N–H and O–H groups in total. The average molecular weight is 351 g/mol. The van der Waals surface area contributed by atoms with Gasteiger partial charge in [0.1, 0.15) is 0 Å². The van der Waals surface area contributed by atoms with Crippen molar-refractivity contribution in [2.24, 2.45) is 11.8 Å². The standard InChI is InChI=1S/C18H23BrO2/c1-12(2)14-5-4-6-15(11-14)17(18(20)21-3)13-7-9-16(19)10-8-13/h7-12,15,17H,4-6H2,1-3H3/t15-,17+/m1/s1. The second-order valence-corrected chi connectivity index (χ2v) is 6.92. The molecule has 0 aromatic heterocycles. The summed E-state index contributed by atoms with van der Waals surface area (Å²) < 4.78 is 6.09. The van der Waals surface area contributed by atoms with E-state index in [9.17, 15) is 4.79 Å². The zero-order chi connectivity index (χ0) is 15.4. The summed E-state index contributed by atoms with van der Waals surface area (Å²) in [5.41, 5.74) is 2.51. The van der Waals surface area contributed by atoms with Gasteiger partial charge in [-0.25, -0.2) is 0 Å². The maximum Gasteiger partial charge on any atom is 0.313 e. The number of carbonyl (C=O) groups excluding carboxylic acids is 1. The first kappa shape index (κ1) is 16.3. The summed E-state index contributed by atoms with van der Waals surface area (Å²) in [7, 11) is 1.48. The van der Waals surface area contributed by atoms with Crippen molar-refractivity contribution in [3.8, 4) is 0 Å². The third-order valence-corrected chi connectivity index (χ3v) is 4.81. The summed E-state index contributed by atoms with van der Waals surface area (Å²) in [4.78, 5) is 12.3.